The quantitative estimate of drug-likeness (QED) is 0.174. The van der Waals surface area contributed by atoms with Gasteiger partial charge in [-0.25, -0.2) is 30.1 Å². The lowest BCUT2D eigenvalue weighted by atomic mass is 9.85. The van der Waals surface area contributed by atoms with E-state index < -0.39 is 11.4 Å². The largest absolute Gasteiger partial charge is 0.643 e. The van der Waals surface area contributed by atoms with Crippen LogP contribution in [-0.2, 0) is 0 Å². The van der Waals surface area contributed by atoms with Crippen LogP contribution in [0, 0.1) is 41.4 Å². The number of allylic oxidation sites excluding steroid dienone is 1. The van der Waals surface area contributed by atoms with Gasteiger partial charge in [-0.15, -0.1) is 6.58 Å². The van der Waals surface area contributed by atoms with Crippen molar-refractivity contribution in [3.8, 4) is 0 Å². The van der Waals surface area contributed by atoms with E-state index in [1.807, 2.05) is 6.08 Å². The highest BCUT2D eigenvalue weighted by Gasteiger charge is 2.12. The zero-order chi connectivity index (χ0) is 24.3. The van der Waals surface area contributed by atoms with Gasteiger partial charge in [-0.2, -0.15) is 0 Å². The van der Waals surface area contributed by atoms with Crippen LogP contribution in [0.4, 0.5) is 0 Å². The van der Waals surface area contributed by atoms with Gasteiger partial charge in [0.1, 0.15) is 0 Å². The Kier molecular flexibility index (Phi) is 27.8. The molecular weight excluding hydrogens is 446 g/mol. The van der Waals surface area contributed by atoms with Crippen LogP contribution in [0.2, 0.25) is 0 Å². The summed E-state index contributed by atoms with van der Waals surface area (Å²) in [5.41, 5.74) is 0. The summed E-state index contributed by atoms with van der Waals surface area (Å²) in [6.07, 6.45) is 11.5. The zero-order valence-corrected chi connectivity index (χ0v) is 25.4. The van der Waals surface area contributed by atoms with Crippen LogP contribution in [0.15, 0.2) is 12.7 Å². The average molecular weight is 500 g/mol. The molecule has 0 amide bonds. The van der Waals surface area contributed by atoms with E-state index >= 15 is 0 Å². The molecule has 182 valence electrons. The third kappa shape index (κ3) is 33.8. The highest BCUT2D eigenvalue weighted by Crippen LogP contribution is 2.25. The van der Waals surface area contributed by atoms with Crippen LogP contribution in [0.5, 0.6) is 0 Å². The van der Waals surface area contributed by atoms with Gasteiger partial charge in [-0.05, 0) is 80.0 Å². The summed E-state index contributed by atoms with van der Waals surface area (Å²) in [5.74, 6) is 6.14. The van der Waals surface area contributed by atoms with Gasteiger partial charge in [-0.3, -0.25) is 0 Å². The molecule has 0 saturated carbocycles. The molecule has 4 heteroatoms. The highest BCUT2D eigenvalue weighted by molar-refractivity contribution is 7.54. The molecular formula is C26H54AlCl3. The lowest BCUT2D eigenvalue weighted by molar-refractivity contribution is 0.310. The van der Waals surface area contributed by atoms with Crippen LogP contribution in [0.3, 0.4) is 0 Å². The highest BCUT2D eigenvalue weighted by atomic mass is 35.8. The van der Waals surface area contributed by atoms with Gasteiger partial charge in [0.05, 0.1) is 0 Å². The van der Waals surface area contributed by atoms with Crippen molar-refractivity contribution in [2.24, 2.45) is 41.4 Å². The number of rotatable bonds is 13. The van der Waals surface area contributed by atoms with Crippen molar-refractivity contribution in [2.75, 3.05) is 0 Å². The molecule has 0 fully saturated rings. The molecule has 0 rings (SSSR count). The Morgan fingerprint density at radius 1 is 0.600 bits per heavy atom. The van der Waals surface area contributed by atoms with Gasteiger partial charge in [-0.1, -0.05) is 81.7 Å². The van der Waals surface area contributed by atoms with Crippen molar-refractivity contribution in [3.05, 3.63) is 12.7 Å². The van der Waals surface area contributed by atoms with Gasteiger partial charge < -0.3 is 0 Å². The Morgan fingerprint density at radius 3 is 1.20 bits per heavy atom. The first kappa shape index (κ1) is 35.7. The van der Waals surface area contributed by atoms with E-state index in [1.165, 1.54) is 44.9 Å². The molecule has 5 atom stereocenters. The van der Waals surface area contributed by atoms with Crippen molar-refractivity contribution < 1.29 is 0 Å². The van der Waals surface area contributed by atoms with Gasteiger partial charge in [0.25, 0.3) is 0 Å². The molecule has 0 radical (unpaired) electrons. The smallest absolute Gasteiger partial charge is 0.214 e. The Morgan fingerprint density at radius 2 is 0.900 bits per heavy atom. The summed E-state index contributed by atoms with van der Waals surface area (Å²) in [5, 5.41) is 0. The van der Waals surface area contributed by atoms with E-state index in [2.05, 4.69) is 75.8 Å². The zero-order valence-electron chi connectivity index (χ0n) is 22.0. The first-order valence-corrected chi connectivity index (χ1v) is 17.5. The second-order valence-corrected chi connectivity index (χ2v) is 17.1. The lowest BCUT2D eigenvalue weighted by Crippen LogP contribution is -2.09. The predicted molar refractivity (Wildman–Crippen MR) is 147 cm³/mol. The average Bonchev–Trinajstić information content (AvgIpc) is 2.52. The van der Waals surface area contributed by atoms with E-state index in [1.54, 1.807) is 0 Å². The first-order valence-electron chi connectivity index (χ1n) is 12.3. The molecule has 0 aromatic carbocycles. The summed E-state index contributed by atoms with van der Waals surface area (Å²) < 4.78 is 0. The van der Waals surface area contributed by atoms with Crippen molar-refractivity contribution >= 4 is 41.5 Å². The third-order valence-corrected chi connectivity index (χ3v) is 5.43. The fourth-order valence-corrected chi connectivity index (χ4v) is 4.51. The number of halogens is 3. The van der Waals surface area contributed by atoms with Crippen LogP contribution >= 0.6 is 30.1 Å². The van der Waals surface area contributed by atoms with Gasteiger partial charge >= 0.3 is 11.4 Å². The van der Waals surface area contributed by atoms with Crippen molar-refractivity contribution in [1.29, 1.82) is 0 Å². The molecule has 0 aliphatic heterocycles. The summed E-state index contributed by atoms with van der Waals surface area (Å²) >= 11 is -1.72. The summed E-state index contributed by atoms with van der Waals surface area (Å²) in [7, 11) is 14.8. The minimum Gasteiger partial charge on any atom is -0.214 e. The Bertz CT molecular complexity index is 355. The molecule has 0 spiro atoms. The molecule has 0 aromatic rings. The Labute approximate surface area is 208 Å². The molecule has 0 bridgehead atoms. The number of hydrogen-bond donors (Lipinski definition) is 0. The minimum absolute atomic E-state index is 0.816. The molecule has 0 aromatic heterocycles. The maximum Gasteiger partial charge on any atom is 0.643 e. The number of hydrogen-bond acceptors (Lipinski definition) is 0. The van der Waals surface area contributed by atoms with Crippen molar-refractivity contribution in [2.45, 2.75) is 114 Å². The van der Waals surface area contributed by atoms with Crippen LogP contribution < -0.4 is 0 Å². The van der Waals surface area contributed by atoms with E-state index in [4.69, 9.17) is 30.1 Å². The van der Waals surface area contributed by atoms with E-state index in [0.717, 1.165) is 41.4 Å². The van der Waals surface area contributed by atoms with E-state index in [0.29, 0.717) is 0 Å². The monoisotopic (exact) mass is 498 g/mol. The Balaban J connectivity index is -0.000000416. The van der Waals surface area contributed by atoms with E-state index in [9.17, 15) is 0 Å². The van der Waals surface area contributed by atoms with E-state index in [-0.39, 0.29) is 0 Å². The molecule has 0 nitrogen and oxygen atoms in total. The van der Waals surface area contributed by atoms with Crippen molar-refractivity contribution in [1.82, 2.24) is 0 Å². The second-order valence-electron chi connectivity index (χ2n) is 10.7. The standard InChI is InChI=1S/C14H30.C12H24.Al.3ClH/c1-7-12(4)9-14(6)10-13(5)8-11(2)3;1-6-7-11(4)9-12(5)8-10(2)3;;;;/h11-14H,7-10H2,1-6H3;6,10-12H,1,7-9H2,2-5H3;;3*1H/q;;+3;;;/p-3. The predicted octanol–water partition coefficient (Wildman–Crippen LogP) is 11.1. The molecule has 0 N–H and O–H groups in total. The molecule has 0 heterocycles. The normalized spacial score (nSPS) is 15.8. The van der Waals surface area contributed by atoms with Gasteiger partial charge in [0, 0.05) is 0 Å². The van der Waals surface area contributed by atoms with Crippen LogP contribution in [-0.4, -0.2) is 11.4 Å². The Hall–Kier alpha value is 1.14. The molecule has 30 heavy (non-hydrogen) atoms. The third-order valence-electron chi connectivity index (χ3n) is 5.43. The maximum absolute atomic E-state index is 4.94. The minimum atomic E-state index is -1.72. The summed E-state index contributed by atoms with van der Waals surface area (Å²) in [4.78, 5) is 0. The van der Waals surface area contributed by atoms with Crippen LogP contribution in [0.1, 0.15) is 114 Å². The summed E-state index contributed by atoms with van der Waals surface area (Å²) in [6, 6.07) is 0. The second kappa shape index (κ2) is 23.3. The fourth-order valence-electron chi connectivity index (χ4n) is 4.51. The topological polar surface area (TPSA) is 0 Å². The van der Waals surface area contributed by atoms with Gasteiger partial charge in [0.15, 0.2) is 0 Å². The first-order chi connectivity index (χ1) is 13.7. The maximum atomic E-state index is 4.94. The lowest BCUT2D eigenvalue weighted by Gasteiger charge is -2.21. The molecule has 0 aliphatic rings. The molecule has 0 saturated heterocycles. The molecule has 0 aliphatic carbocycles. The SMILES string of the molecule is C=CCC(C)CC(C)CC(C)C.CCC(C)CC(C)CC(C)CC(C)C.[Cl][Al]([Cl])[Cl]. The summed E-state index contributed by atoms with van der Waals surface area (Å²) in [6.45, 7) is 27.2. The van der Waals surface area contributed by atoms with Crippen molar-refractivity contribution in [3.63, 3.8) is 0 Å². The van der Waals surface area contributed by atoms with Gasteiger partial charge in [0.2, 0.25) is 0 Å². The molecule has 5 unspecified atom stereocenters. The van der Waals surface area contributed by atoms with Crippen LogP contribution in [0.25, 0.3) is 0 Å². The fraction of sp³-hybridized carbons (Fsp3) is 0.923.